The molecule has 5 nitrogen and oxygen atoms in total. The minimum Gasteiger partial charge on any atom is -0.364 e. The number of anilines is 2. The van der Waals surface area contributed by atoms with Crippen LogP contribution in [0.5, 0.6) is 0 Å². The van der Waals surface area contributed by atoms with Crippen LogP contribution < -0.4 is 10.2 Å². The molecule has 1 aliphatic heterocycles. The van der Waals surface area contributed by atoms with E-state index in [1.807, 2.05) is 30.5 Å². The lowest BCUT2D eigenvalue weighted by Crippen LogP contribution is -2.31. The molecule has 1 aliphatic rings. The maximum absolute atomic E-state index is 4.59. The largest absolute Gasteiger partial charge is 0.364 e. The highest BCUT2D eigenvalue weighted by Crippen LogP contribution is 2.16. The second-order valence-corrected chi connectivity index (χ2v) is 4.96. The Balaban J connectivity index is 1.65. The van der Waals surface area contributed by atoms with E-state index in [-0.39, 0.29) is 0 Å². The molecular weight excluding hydrogens is 250 g/mol. The summed E-state index contributed by atoms with van der Waals surface area (Å²) < 4.78 is 0. The fourth-order valence-corrected chi connectivity index (χ4v) is 2.38. The minimum atomic E-state index is 0.678. The second kappa shape index (κ2) is 6.32. The molecule has 2 aromatic rings. The summed E-state index contributed by atoms with van der Waals surface area (Å²) in [5.41, 5.74) is 1.01. The van der Waals surface area contributed by atoms with E-state index in [2.05, 4.69) is 25.2 Å². The van der Waals surface area contributed by atoms with E-state index < -0.39 is 0 Å². The van der Waals surface area contributed by atoms with Crippen molar-refractivity contribution in [3.05, 3.63) is 42.4 Å². The van der Waals surface area contributed by atoms with E-state index in [0.717, 1.165) is 30.5 Å². The van der Waals surface area contributed by atoms with E-state index in [9.17, 15) is 0 Å². The summed E-state index contributed by atoms with van der Waals surface area (Å²) in [5.74, 6) is 1.68. The van der Waals surface area contributed by atoms with Crippen molar-refractivity contribution in [2.75, 3.05) is 23.3 Å². The van der Waals surface area contributed by atoms with Crippen LogP contribution in [0, 0.1) is 0 Å². The summed E-state index contributed by atoms with van der Waals surface area (Å²) in [6.07, 6.45) is 7.39. The summed E-state index contributed by atoms with van der Waals surface area (Å²) >= 11 is 0. The molecule has 0 atom stereocenters. The van der Waals surface area contributed by atoms with Crippen molar-refractivity contribution in [3.63, 3.8) is 0 Å². The van der Waals surface area contributed by atoms with Crippen LogP contribution in [-0.4, -0.2) is 28.0 Å². The first kappa shape index (κ1) is 12.8. The quantitative estimate of drug-likeness (QED) is 0.924. The molecule has 0 bridgehead atoms. The number of hydrogen-bond donors (Lipinski definition) is 1. The van der Waals surface area contributed by atoms with Gasteiger partial charge in [-0.3, -0.25) is 4.98 Å². The van der Waals surface area contributed by atoms with Gasteiger partial charge in [0.2, 0.25) is 5.95 Å². The Morgan fingerprint density at radius 3 is 2.70 bits per heavy atom. The van der Waals surface area contributed by atoms with Crippen molar-refractivity contribution >= 4 is 11.8 Å². The van der Waals surface area contributed by atoms with Gasteiger partial charge in [0.05, 0.1) is 12.2 Å². The minimum absolute atomic E-state index is 0.678. The first-order chi connectivity index (χ1) is 9.92. The summed E-state index contributed by atoms with van der Waals surface area (Å²) in [5, 5.41) is 3.30. The van der Waals surface area contributed by atoms with Crippen molar-refractivity contribution in [1.82, 2.24) is 15.0 Å². The summed E-state index contributed by atoms with van der Waals surface area (Å²) in [6.45, 7) is 2.80. The molecule has 5 heteroatoms. The molecule has 0 radical (unpaired) electrons. The average molecular weight is 269 g/mol. The van der Waals surface area contributed by atoms with Crippen LogP contribution in [0.4, 0.5) is 11.8 Å². The molecule has 3 rings (SSSR count). The number of piperidine rings is 1. The van der Waals surface area contributed by atoms with Gasteiger partial charge in [0, 0.05) is 25.5 Å². The molecule has 1 fully saturated rings. The Kier molecular flexibility index (Phi) is 4.06. The van der Waals surface area contributed by atoms with E-state index in [1.54, 1.807) is 6.20 Å². The Bertz CT molecular complexity index is 537. The van der Waals surface area contributed by atoms with Gasteiger partial charge in [-0.05, 0) is 37.5 Å². The first-order valence-electron chi connectivity index (χ1n) is 7.13. The lowest BCUT2D eigenvalue weighted by atomic mass is 10.1. The zero-order chi connectivity index (χ0) is 13.6. The van der Waals surface area contributed by atoms with Crippen LogP contribution in [0.3, 0.4) is 0 Å². The van der Waals surface area contributed by atoms with Crippen molar-refractivity contribution in [2.24, 2.45) is 0 Å². The van der Waals surface area contributed by atoms with Crippen molar-refractivity contribution in [2.45, 2.75) is 25.8 Å². The molecule has 1 N–H and O–H groups in total. The normalized spacial score (nSPS) is 15.1. The topological polar surface area (TPSA) is 53.9 Å². The van der Waals surface area contributed by atoms with Crippen LogP contribution in [0.25, 0.3) is 0 Å². The standard InChI is InChI=1S/C15H19N5/c1-4-10-20(11-5-1)15-17-9-7-14(19-15)18-12-13-6-2-3-8-16-13/h2-3,6-9H,1,4-5,10-12H2,(H,17,18,19). The predicted octanol–water partition coefficient (Wildman–Crippen LogP) is 2.47. The number of aromatic nitrogens is 3. The van der Waals surface area contributed by atoms with Gasteiger partial charge in [-0.15, -0.1) is 0 Å². The number of hydrogen-bond acceptors (Lipinski definition) is 5. The van der Waals surface area contributed by atoms with Crippen LogP contribution in [0.1, 0.15) is 25.0 Å². The van der Waals surface area contributed by atoms with Gasteiger partial charge in [0.1, 0.15) is 5.82 Å². The van der Waals surface area contributed by atoms with Crippen molar-refractivity contribution in [1.29, 1.82) is 0 Å². The van der Waals surface area contributed by atoms with Crippen molar-refractivity contribution < 1.29 is 0 Å². The highest BCUT2D eigenvalue weighted by molar-refractivity contribution is 5.41. The van der Waals surface area contributed by atoms with Gasteiger partial charge < -0.3 is 10.2 Å². The molecule has 0 spiro atoms. The highest BCUT2D eigenvalue weighted by atomic mass is 15.3. The maximum atomic E-state index is 4.59. The SMILES string of the molecule is c1ccc(CNc2ccnc(N3CCCCC3)n2)nc1. The number of nitrogens with zero attached hydrogens (tertiary/aromatic N) is 4. The maximum Gasteiger partial charge on any atom is 0.227 e. The summed E-state index contributed by atoms with van der Waals surface area (Å²) in [6, 6.07) is 7.81. The number of nitrogens with one attached hydrogen (secondary N) is 1. The van der Waals surface area contributed by atoms with Gasteiger partial charge in [-0.2, -0.15) is 4.98 Å². The van der Waals surface area contributed by atoms with Gasteiger partial charge in [-0.25, -0.2) is 4.98 Å². The van der Waals surface area contributed by atoms with E-state index >= 15 is 0 Å². The Hall–Kier alpha value is -2.17. The van der Waals surface area contributed by atoms with E-state index in [1.165, 1.54) is 19.3 Å². The van der Waals surface area contributed by atoms with Crippen LogP contribution in [0.15, 0.2) is 36.7 Å². The van der Waals surface area contributed by atoms with E-state index in [4.69, 9.17) is 0 Å². The van der Waals surface area contributed by atoms with Crippen molar-refractivity contribution in [3.8, 4) is 0 Å². The van der Waals surface area contributed by atoms with Gasteiger partial charge >= 0.3 is 0 Å². The van der Waals surface area contributed by atoms with Crippen LogP contribution in [-0.2, 0) is 6.54 Å². The average Bonchev–Trinajstić information content (AvgIpc) is 2.55. The summed E-state index contributed by atoms with van der Waals surface area (Å²) in [4.78, 5) is 15.5. The predicted molar refractivity (Wildman–Crippen MR) is 79.7 cm³/mol. The molecule has 20 heavy (non-hydrogen) atoms. The second-order valence-electron chi connectivity index (χ2n) is 4.96. The van der Waals surface area contributed by atoms with Gasteiger partial charge in [0.15, 0.2) is 0 Å². The summed E-state index contributed by atoms with van der Waals surface area (Å²) in [7, 11) is 0. The van der Waals surface area contributed by atoms with Gasteiger partial charge in [0.25, 0.3) is 0 Å². The van der Waals surface area contributed by atoms with Crippen LogP contribution >= 0.6 is 0 Å². The Morgan fingerprint density at radius 2 is 1.90 bits per heavy atom. The number of pyridine rings is 1. The monoisotopic (exact) mass is 269 g/mol. The molecule has 3 heterocycles. The molecule has 0 unspecified atom stereocenters. The Morgan fingerprint density at radius 1 is 1.00 bits per heavy atom. The fourth-order valence-electron chi connectivity index (χ4n) is 2.38. The third-order valence-corrected chi connectivity index (χ3v) is 3.46. The molecule has 1 saturated heterocycles. The van der Waals surface area contributed by atoms with Gasteiger partial charge in [-0.1, -0.05) is 6.07 Å². The zero-order valence-electron chi connectivity index (χ0n) is 11.5. The number of rotatable bonds is 4. The third kappa shape index (κ3) is 3.23. The Labute approximate surface area is 119 Å². The molecule has 0 aromatic carbocycles. The lowest BCUT2D eigenvalue weighted by Gasteiger charge is -2.26. The molecule has 2 aromatic heterocycles. The molecule has 0 aliphatic carbocycles. The lowest BCUT2D eigenvalue weighted by molar-refractivity contribution is 0.568. The third-order valence-electron chi connectivity index (χ3n) is 3.46. The highest BCUT2D eigenvalue weighted by Gasteiger charge is 2.13. The first-order valence-corrected chi connectivity index (χ1v) is 7.13. The smallest absolute Gasteiger partial charge is 0.227 e. The molecular formula is C15H19N5. The van der Waals surface area contributed by atoms with Crippen LogP contribution in [0.2, 0.25) is 0 Å². The molecule has 0 saturated carbocycles. The zero-order valence-corrected chi connectivity index (χ0v) is 11.5. The molecule has 104 valence electrons. The fraction of sp³-hybridized carbons (Fsp3) is 0.400. The van der Waals surface area contributed by atoms with E-state index in [0.29, 0.717) is 6.54 Å². The molecule has 0 amide bonds.